The first-order valence-corrected chi connectivity index (χ1v) is 5.93. The van der Waals surface area contributed by atoms with E-state index < -0.39 is 12.1 Å². The van der Waals surface area contributed by atoms with Gasteiger partial charge in [0.1, 0.15) is 0 Å². The SMILES string of the molecule is CC(C#N)N1CCN(C(C)C(=O)NC(N)=O)CC1. The van der Waals surface area contributed by atoms with Crippen LogP contribution in [-0.4, -0.2) is 60.0 Å². The number of hydrogen-bond donors (Lipinski definition) is 2. The van der Waals surface area contributed by atoms with Crippen LogP contribution in [0.5, 0.6) is 0 Å². The molecule has 0 aromatic heterocycles. The summed E-state index contributed by atoms with van der Waals surface area (Å²) in [5.41, 5.74) is 4.91. The highest BCUT2D eigenvalue weighted by Gasteiger charge is 2.27. The average molecular weight is 253 g/mol. The minimum Gasteiger partial charge on any atom is -0.351 e. The van der Waals surface area contributed by atoms with Crippen molar-refractivity contribution in [3.05, 3.63) is 0 Å². The van der Waals surface area contributed by atoms with Gasteiger partial charge < -0.3 is 5.73 Å². The molecule has 2 unspecified atom stereocenters. The zero-order valence-corrected chi connectivity index (χ0v) is 10.7. The van der Waals surface area contributed by atoms with Crippen LogP contribution in [0.15, 0.2) is 0 Å². The number of urea groups is 1. The number of rotatable bonds is 3. The Kier molecular flexibility index (Phi) is 5.07. The van der Waals surface area contributed by atoms with Crippen molar-refractivity contribution >= 4 is 11.9 Å². The summed E-state index contributed by atoms with van der Waals surface area (Å²) in [6, 6.07) is 0.864. The third-order valence-corrected chi connectivity index (χ3v) is 3.26. The number of nitriles is 1. The minimum absolute atomic E-state index is 0.109. The summed E-state index contributed by atoms with van der Waals surface area (Å²) in [7, 11) is 0. The van der Waals surface area contributed by atoms with E-state index in [-0.39, 0.29) is 11.9 Å². The molecule has 0 saturated carbocycles. The highest BCUT2D eigenvalue weighted by atomic mass is 16.2. The van der Waals surface area contributed by atoms with Gasteiger partial charge in [0, 0.05) is 26.2 Å². The number of carbonyl (C=O) groups excluding carboxylic acids is 2. The quantitative estimate of drug-likeness (QED) is 0.678. The van der Waals surface area contributed by atoms with Gasteiger partial charge in [0.25, 0.3) is 0 Å². The van der Waals surface area contributed by atoms with Gasteiger partial charge in [-0.25, -0.2) is 4.79 Å². The molecule has 1 rings (SSSR count). The maximum atomic E-state index is 11.6. The van der Waals surface area contributed by atoms with Gasteiger partial charge in [-0.1, -0.05) is 0 Å². The first kappa shape index (κ1) is 14.4. The molecule has 0 aromatic rings. The van der Waals surface area contributed by atoms with E-state index in [0.29, 0.717) is 13.1 Å². The maximum absolute atomic E-state index is 11.6. The average Bonchev–Trinajstić information content (AvgIpc) is 2.36. The highest BCUT2D eigenvalue weighted by molar-refractivity contribution is 5.96. The lowest BCUT2D eigenvalue weighted by Crippen LogP contribution is -2.56. The Morgan fingerprint density at radius 3 is 2.17 bits per heavy atom. The topological polar surface area (TPSA) is 102 Å². The van der Waals surface area contributed by atoms with Crippen molar-refractivity contribution in [2.24, 2.45) is 5.73 Å². The van der Waals surface area contributed by atoms with Crippen LogP contribution in [0, 0.1) is 11.3 Å². The molecule has 3 amide bonds. The number of imide groups is 1. The van der Waals surface area contributed by atoms with E-state index in [0.717, 1.165) is 13.1 Å². The Morgan fingerprint density at radius 2 is 1.72 bits per heavy atom. The van der Waals surface area contributed by atoms with Crippen molar-refractivity contribution in [2.75, 3.05) is 26.2 Å². The van der Waals surface area contributed by atoms with E-state index in [1.807, 2.05) is 11.8 Å². The molecular formula is C11H19N5O2. The summed E-state index contributed by atoms with van der Waals surface area (Å²) in [4.78, 5) is 26.2. The predicted octanol–water partition coefficient (Wildman–Crippen LogP) is -0.901. The monoisotopic (exact) mass is 253 g/mol. The standard InChI is InChI=1S/C11H19N5O2/c1-8(7-12)15-3-5-16(6-4-15)9(2)10(17)14-11(13)18/h8-9H,3-6H2,1-2H3,(H3,13,14,17,18). The largest absolute Gasteiger partial charge is 0.351 e. The number of nitrogens with two attached hydrogens (primary N) is 1. The third-order valence-electron chi connectivity index (χ3n) is 3.26. The van der Waals surface area contributed by atoms with E-state index in [9.17, 15) is 9.59 Å². The Balaban J connectivity index is 2.45. The van der Waals surface area contributed by atoms with E-state index in [2.05, 4.69) is 16.3 Å². The van der Waals surface area contributed by atoms with E-state index in [1.54, 1.807) is 6.92 Å². The molecule has 2 atom stereocenters. The molecule has 1 aliphatic rings. The van der Waals surface area contributed by atoms with E-state index >= 15 is 0 Å². The fourth-order valence-corrected chi connectivity index (χ4v) is 1.99. The maximum Gasteiger partial charge on any atom is 0.318 e. The number of amides is 3. The predicted molar refractivity (Wildman–Crippen MR) is 65.4 cm³/mol. The molecule has 7 heteroatoms. The lowest BCUT2D eigenvalue weighted by atomic mass is 10.2. The molecule has 1 fully saturated rings. The first-order chi connectivity index (χ1) is 8.45. The van der Waals surface area contributed by atoms with Crippen molar-refractivity contribution in [1.29, 1.82) is 5.26 Å². The van der Waals surface area contributed by atoms with Crippen molar-refractivity contribution < 1.29 is 9.59 Å². The molecule has 7 nitrogen and oxygen atoms in total. The summed E-state index contributed by atoms with van der Waals surface area (Å²) in [5, 5.41) is 10.9. The van der Waals surface area contributed by atoms with Gasteiger partial charge in [0.05, 0.1) is 18.2 Å². The third kappa shape index (κ3) is 3.68. The molecular weight excluding hydrogens is 234 g/mol. The summed E-state index contributed by atoms with van der Waals surface area (Å²) in [6.45, 7) is 6.46. The van der Waals surface area contributed by atoms with Crippen LogP contribution < -0.4 is 11.1 Å². The molecule has 0 radical (unpaired) electrons. The van der Waals surface area contributed by atoms with Crippen LogP contribution >= 0.6 is 0 Å². The molecule has 18 heavy (non-hydrogen) atoms. The molecule has 0 spiro atoms. The summed E-state index contributed by atoms with van der Waals surface area (Å²) in [6.07, 6.45) is 0. The zero-order valence-electron chi connectivity index (χ0n) is 10.7. The van der Waals surface area contributed by atoms with Gasteiger partial charge in [-0.15, -0.1) is 0 Å². The van der Waals surface area contributed by atoms with Crippen molar-refractivity contribution in [3.8, 4) is 6.07 Å². The molecule has 3 N–H and O–H groups in total. The fourth-order valence-electron chi connectivity index (χ4n) is 1.99. The van der Waals surface area contributed by atoms with Gasteiger partial charge >= 0.3 is 6.03 Å². The molecule has 0 bridgehead atoms. The van der Waals surface area contributed by atoms with Crippen LogP contribution in [-0.2, 0) is 4.79 Å². The number of primary amides is 1. The van der Waals surface area contributed by atoms with E-state index in [1.165, 1.54) is 0 Å². The van der Waals surface area contributed by atoms with Crippen LogP contribution in [0.25, 0.3) is 0 Å². The van der Waals surface area contributed by atoms with Crippen molar-refractivity contribution in [2.45, 2.75) is 25.9 Å². The number of nitrogens with zero attached hydrogens (tertiary/aromatic N) is 3. The molecule has 1 aliphatic heterocycles. The summed E-state index contributed by atoms with van der Waals surface area (Å²) >= 11 is 0. The normalized spacial score (nSPS) is 20.7. The number of piperazine rings is 1. The smallest absolute Gasteiger partial charge is 0.318 e. The van der Waals surface area contributed by atoms with Crippen LogP contribution in [0.3, 0.4) is 0 Å². The Bertz CT molecular complexity index is 357. The second-order valence-corrected chi connectivity index (χ2v) is 4.41. The van der Waals surface area contributed by atoms with Gasteiger partial charge in [-0.3, -0.25) is 19.9 Å². The van der Waals surface area contributed by atoms with Crippen LogP contribution in [0.2, 0.25) is 0 Å². The first-order valence-electron chi connectivity index (χ1n) is 5.93. The molecule has 1 saturated heterocycles. The van der Waals surface area contributed by atoms with Crippen molar-refractivity contribution in [1.82, 2.24) is 15.1 Å². The number of carbonyl (C=O) groups is 2. The highest BCUT2D eigenvalue weighted by Crippen LogP contribution is 2.09. The summed E-state index contributed by atoms with van der Waals surface area (Å²) in [5.74, 6) is -0.385. The van der Waals surface area contributed by atoms with Crippen LogP contribution in [0.1, 0.15) is 13.8 Å². The van der Waals surface area contributed by atoms with E-state index in [4.69, 9.17) is 11.0 Å². The van der Waals surface area contributed by atoms with Gasteiger partial charge in [-0.05, 0) is 13.8 Å². The number of nitrogens with one attached hydrogen (secondary N) is 1. The molecule has 100 valence electrons. The Hall–Kier alpha value is -1.65. The second-order valence-electron chi connectivity index (χ2n) is 4.41. The molecule has 0 aromatic carbocycles. The lowest BCUT2D eigenvalue weighted by Gasteiger charge is -2.38. The second kappa shape index (κ2) is 6.33. The van der Waals surface area contributed by atoms with Crippen LogP contribution in [0.4, 0.5) is 4.79 Å². The van der Waals surface area contributed by atoms with Gasteiger partial charge in [-0.2, -0.15) is 5.26 Å². The van der Waals surface area contributed by atoms with Gasteiger partial charge in [0.15, 0.2) is 0 Å². The van der Waals surface area contributed by atoms with Crippen molar-refractivity contribution in [3.63, 3.8) is 0 Å². The lowest BCUT2D eigenvalue weighted by molar-refractivity contribution is -0.125. The minimum atomic E-state index is -0.830. The number of hydrogen-bond acceptors (Lipinski definition) is 5. The molecule has 0 aliphatic carbocycles. The Labute approximate surface area is 107 Å². The fraction of sp³-hybridized carbons (Fsp3) is 0.727. The Morgan fingerprint density at radius 1 is 1.22 bits per heavy atom. The van der Waals surface area contributed by atoms with Gasteiger partial charge in [0.2, 0.25) is 5.91 Å². The summed E-state index contributed by atoms with van der Waals surface area (Å²) < 4.78 is 0. The molecule has 1 heterocycles. The zero-order chi connectivity index (χ0) is 13.7.